The van der Waals surface area contributed by atoms with E-state index in [1.54, 1.807) is 6.07 Å². The Bertz CT molecular complexity index is 694. The minimum atomic E-state index is -4.76. The topological polar surface area (TPSA) is 34.1 Å². The van der Waals surface area contributed by atoms with Crippen LogP contribution in [-0.2, 0) is 6.18 Å². The highest BCUT2D eigenvalue weighted by Gasteiger charge is 2.37. The van der Waals surface area contributed by atoms with E-state index in [1.165, 1.54) is 24.3 Å². The number of hydrogen-bond donors (Lipinski definition) is 0. The molecule has 0 aliphatic rings. The van der Waals surface area contributed by atoms with E-state index in [4.69, 9.17) is 11.6 Å². The molecule has 0 heterocycles. The van der Waals surface area contributed by atoms with Crippen molar-refractivity contribution in [3.05, 3.63) is 70.8 Å². The van der Waals surface area contributed by atoms with Crippen LogP contribution in [0.25, 0.3) is 0 Å². The van der Waals surface area contributed by atoms with Gasteiger partial charge >= 0.3 is 6.18 Å². The molecule has 0 unspecified atom stereocenters. The fourth-order valence-electron chi connectivity index (χ4n) is 1.93. The fourth-order valence-corrected chi connectivity index (χ4v) is 2.09. The maximum Gasteiger partial charge on any atom is 0.417 e. The van der Waals surface area contributed by atoms with Gasteiger partial charge in [-0.25, -0.2) is 0 Å². The van der Waals surface area contributed by atoms with Crippen molar-refractivity contribution in [3.63, 3.8) is 0 Å². The van der Waals surface area contributed by atoms with Gasteiger partial charge in [0.25, 0.3) is 5.24 Å². The van der Waals surface area contributed by atoms with E-state index in [1.807, 2.05) is 0 Å². The average molecular weight is 313 g/mol. The zero-order valence-corrected chi connectivity index (χ0v) is 11.2. The first-order chi connectivity index (χ1) is 9.82. The molecule has 6 heteroatoms. The van der Waals surface area contributed by atoms with Crippen molar-refractivity contribution < 1.29 is 22.8 Å². The maximum absolute atomic E-state index is 13.1. The molecule has 0 fully saturated rings. The van der Waals surface area contributed by atoms with Gasteiger partial charge in [-0.05, 0) is 23.7 Å². The molecule has 2 aromatic carbocycles. The number of alkyl halides is 3. The second kappa shape index (κ2) is 5.69. The van der Waals surface area contributed by atoms with Crippen LogP contribution in [0.2, 0.25) is 0 Å². The smallest absolute Gasteiger partial charge is 0.289 e. The second-order valence-corrected chi connectivity index (χ2v) is 4.54. The number of rotatable bonds is 3. The van der Waals surface area contributed by atoms with Crippen LogP contribution in [0.3, 0.4) is 0 Å². The van der Waals surface area contributed by atoms with Crippen molar-refractivity contribution in [1.29, 1.82) is 0 Å². The molecule has 0 N–H and O–H groups in total. The Balaban J connectivity index is 2.71. The largest absolute Gasteiger partial charge is 0.417 e. The molecule has 0 aromatic heterocycles. The van der Waals surface area contributed by atoms with Crippen LogP contribution < -0.4 is 0 Å². The van der Waals surface area contributed by atoms with Gasteiger partial charge in [-0.3, -0.25) is 9.59 Å². The van der Waals surface area contributed by atoms with Crippen molar-refractivity contribution >= 4 is 22.6 Å². The molecule has 2 nitrogen and oxygen atoms in total. The number of halogens is 4. The summed E-state index contributed by atoms with van der Waals surface area (Å²) in [6.07, 6.45) is -4.76. The van der Waals surface area contributed by atoms with Gasteiger partial charge in [-0.1, -0.05) is 36.4 Å². The predicted molar refractivity (Wildman–Crippen MR) is 71.5 cm³/mol. The molecule has 0 atom stereocenters. The van der Waals surface area contributed by atoms with Gasteiger partial charge < -0.3 is 0 Å². The van der Waals surface area contributed by atoms with Crippen LogP contribution in [0.4, 0.5) is 13.2 Å². The molecule has 2 rings (SSSR count). The van der Waals surface area contributed by atoms with Gasteiger partial charge in [0.2, 0.25) is 0 Å². The molecule has 0 saturated carbocycles. The van der Waals surface area contributed by atoms with Crippen molar-refractivity contribution in [1.82, 2.24) is 0 Å². The lowest BCUT2D eigenvalue weighted by Gasteiger charge is -2.14. The van der Waals surface area contributed by atoms with Crippen LogP contribution in [0.1, 0.15) is 31.8 Å². The first kappa shape index (κ1) is 15.3. The Hall–Kier alpha value is -2.14. The van der Waals surface area contributed by atoms with E-state index < -0.39 is 33.9 Å². The van der Waals surface area contributed by atoms with Gasteiger partial charge in [-0.15, -0.1) is 0 Å². The summed E-state index contributed by atoms with van der Waals surface area (Å²) in [5.74, 6) is -0.896. The summed E-state index contributed by atoms with van der Waals surface area (Å²) >= 11 is 5.30. The van der Waals surface area contributed by atoms with E-state index in [2.05, 4.69) is 0 Å². The van der Waals surface area contributed by atoms with E-state index in [-0.39, 0.29) is 5.56 Å². The molecule has 108 valence electrons. The van der Waals surface area contributed by atoms with E-state index in [0.717, 1.165) is 18.2 Å². The number of benzene rings is 2. The maximum atomic E-state index is 13.1. The zero-order valence-electron chi connectivity index (χ0n) is 10.4. The lowest BCUT2D eigenvalue weighted by Crippen LogP contribution is -2.17. The van der Waals surface area contributed by atoms with Crippen LogP contribution in [0, 0.1) is 0 Å². The van der Waals surface area contributed by atoms with Crippen molar-refractivity contribution in [2.24, 2.45) is 0 Å². The first-order valence-corrected chi connectivity index (χ1v) is 6.20. The summed E-state index contributed by atoms with van der Waals surface area (Å²) in [6.45, 7) is 0. The third-order valence-corrected chi connectivity index (χ3v) is 3.05. The van der Waals surface area contributed by atoms with E-state index in [9.17, 15) is 22.8 Å². The molecule has 2 aromatic rings. The molecule has 21 heavy (non-hydrogen) atoms. The van der Waals surface area contributed by atoms with Crippen molar-refractivity contribution in [3.8, 4) is 0 Å². The van der Waals surface area contributed by atoms with Crippen LogP contribution >= 0.6 is 11.6 Å². The molecule has 0 spiro atoms. The minimum Gasteiger partial charge on any atom is -0.289 e. The molecule has 0 aliphatic heterocycles. The summed E-state index contributed by atoms with van der Waals surface area (Å²) in [5, 5.41) is -1.11. The quantitative estimate of drug-likeness (QED) is 0.625. The summed E-state index contributed by atoms with van der Waals surface area (Å²) in [6, 6.07) is 10.3. The Kier molecular flexibility index (Phi) is 4.14. The Morgan fingerprint density at radius 2 is 1.52 bits per heavy atom. The number of carbonyl (C=O) groups is 2. The summed E-state index contributed by atoms with van der Waals surface area (Å²) in [4.78, 5) is 23.7. The standard InChI is InChI=1S/C15H8ClF3O2/c16-14(21)10-7-4-8-11(15(17,18)19)12(10)13(20)9-5-2-1-3-6-9/h1-8H. The summed E-state index contributed by atoms with van der Waals surface area (Å²) < 4.78 is 39.2. The lowest BCUT2D eigenvalue weighted by atomic mass is 9.93. The molecule has 0 bridgehead atoms. The highest BCUT2D eigenvalue weighted by molar-refractivity contribution is 6.68. The normalized spacial score (nSPS) is 11.2. The van der Waals surface area contributed by atoms with Gasteiger partial charge in [0.1, 0.15) is 0 Å². The molecular formula is C15H8ClF3O2. The fraction of sp³-hybridized carbons (Fsp3) is 0.0667. The molecule has 0 amide bonds. The third kappa shape index (κ3) is 3.13. The molecule has 0 aliphatic carbocycles. The molecular weight excluding hydrogens is 305 g/mol. The lowest BCUT2D eigenvalue weighted by molar-refractivity contribution is -0.137. The summed E-state index contributed by atoms with van der Waals surface area (Å²) in [5.41, 5.74) is -2.31. The summed E-state index contributed by atoms with van der Waals surface area (Å²) in [7, 11) is 0. The zero-order chi connectivity index (χ0) is 15.6. The van der Waals surface area contributed by atoms with Crippen LogP contribution in [0.15, 0.2) is 48.5 Å². The number of carbonyl (C=O) groups excluding carboxylic acids is 2. The minimum absolute atomic E-state index is 0.0494. The monoisotopic (exact) mass is 312 g/mol. The average Bonchev–Trinajstić information content (AvgIpc) is 2.45. The second-order valence-electron chi connectivity index (χ2n) is 4.19. The Morgan fingerprint density at radius 3 is 2.05 bits per heavy atom. The molecule has 0 radical (unpaired) electrons. The Morgan fingerprint density at radius 1 is 0.905 bits per heavy atom. The van der Waals surface area contributed by atoms with Crippen molar-refractivity contribution in [2.45, 2.75) is 6.18 Å². The number of ketones is 1. The predicted octanol–water partition coefficient (Wildman–Crippen LogP) is 4.32. The highest BCUT2D eigenvalue weighted by Crippen LogP contribution is 2.35. The van der Waals surface area contributed by atoms with Gasteiger partial charge in [0.05, 0.1) is 5.56 Å². The van der Waals surface area contributed by atoms with Crippen LogP contribution in [-0.4, -0.2) is 11.0 Å². The SMILES string of the molecule is O=C(Cl)c1cccc(C(F)(F)F)c1C(=O)c1ccccc1. The van der Waals surface area contributed by atoms with Gasteiger partial charge in [0, 0.05) is 16.7 Å². The molecule has 0 saturated heterocycles. The Labute approximate surface area is 123 Å². The first-order valence-electron chi connectivity index (χ1n) is 5.82. The van der Waals surface area contributed by atoms with Crippen molar-refractivity contribution in [2.75, 3.05) is 0 Å². The van der Waals surface area contributed by atoms with Gasteiger partial charge in [-0.2, -0.15) is 13.2 Å². The van der Waals surface area contributed by atoms with E-state index in [0.29, 0.717) is 0 Å². The van der Waals surface area contributed by atoms with E-state index >= 15 is 0 Å². The highest BCUT2D eigenvalue weighted by atomic mass is 35.5. The number of hydrogen-bond acceptors (Lipinski definition) is 2. The van der Waals surface area contributed by atoms with Gasteiger partial charge in [0.15, 0.2) is 5.78 Å². The third-order valence-electron chi connectivity index (χ3n) is 2.84. The van der Waals surface area contributed by atoms with Crippen LogP contribution in [0.5, 0.6) is 0 Å².